The van der Waals surface area contributed by atoms with Crippen molar-refractivity contribution in [3.63, 3.8) is 0 Å². The average Bonchev–Trinajstić information content (AvgIpc) is 2.89. The summed E-state index contributed by atoms with van der Waals surface area (Å²) in [5.74, 6) is -1.58. The molecule has 0 bridgehead atoms. The fourth-order valence-electron chi connectivity index (χ4n) is 3.86. The molecule has 1 heterocycles. The Kier molecular flexibility index (Phi) is 10.3. The highest BCUT2D eigenvalue weighted by atomic mass is 19.4. The first-order valence-electron chi connectivity index (χ1n) is 12.0. The van der Waals surface area contributed by atoms with E-state index in [-0.39, 0.29) is 18.7 Å². The van der Waals surface area contributed by atoms with Crippen molar-refractivity contribution in [2.75, 3.05) is 6.61 Å². The first kappa shape index (κ1) is 28.7. The van der Waals surface area contributed by atoms with E-state index in [1.54, 1.807) is 0 Å². The van der Waals surface area contributed by atoms with Gasteiger partial charge in [0.15, 0.2) is 0 Å². The Morgan fingerprint density at radius 2 is 1.71 bits per heavy atom. The third-order valence-electron chi connectivity index (χ3n) is 5.93. The van der Waals surface area contributed by atoms with E-state index in [2.05, 4.69) is 16.4 Å². The Morgan fingerprint density at radius 1 is 1.03 bits per heavy atom. The molecule has 0 aliphatic rings. The van der Waals surface area contributed by atoms with Crippen molar-refractivity contribution < 1.29 is 32.8 Å². The molecule has 1 amide bonds. The summed E-state index contributed by atoms with van der Waals surface area (Å²) in [6.45, 7) is 0.0607. The van der Waals surface area contributed by atoms with Gasteiger partial charge >= 0.3 is 19.4 Å². The normalized spacial score (nSPS) is 12.7. The molecular formula is C27H27BF3N3O4. The molecule has 38 heavy (non-hydrogen) atoms. The molecule has 11 heteroatoms. The third-order valence-corrected chi connectivity index (χ3v) is 5.93. The summed E-state index contributed by atoms with van der Waals surface area (Å²) in [6.07, 6.45) is -2.99. The molecule has 0 saturated carbocycles. The smallest absolute Gasteiger partial charge is 0.449 e. The molecule has 0 fully saturated rings. The maximum Gasteiger partial charge on any atom is 0.475 e. The fraction of sp³-hybridized carbons (Fsp3) is 0.296. The highest BCUT2D eigenvalue weighted by molar-refractivity contribution is 6.43. The quantitative estimate of drug-likeness (QED) is 0.323. The van der Waals surface area contributed by atoms with Crippen molar-refractivity contribution >= 4 is 13.2 Å². The van der Waals surface area contributed by atoms with E-state index < -0.39 is 36.8 Å². The van der Waals surface area contributed by atoms with Gasteiger partial charge in [-0.05, 0) is 48.1 Å². The Hall–Kier alpha value is -3.88. The molecule has 3 N–H and O–H groups in total. The van der Waals surface area contributed by atoms with Gasteiger partial charge in [-0.3, -0.25) is 4.98 Å². The van der Waals surface area contributed by atoms with Crippen LogP contribution in [0.4, 0.5) is 18.0 Å². The molecule has 0 aliphatic carbocycles. The van der Waals surface area contributed by atoms with Crippen LogP contribution in [0.1, 0.15) is 40.3 Å². The minimum absolute atomic E-state index is 0.0607. The van der Waals surface area contributed by atoms with E-state index in [9.17, 15) is 33.3 Å². The second kappa shape index (κ2) is 13.6. The van der Waals surface area contributed by atoms with Gasteiger partial charge in [-0.25, -0.2) is 4.79 Å². The average molecular weight is 525 g/mol. The van der Waals surface area contributed by atoms with Crippen molar-refractivity contribution in [2.45, 2.75) is 43.7 Å². The molecular weight excluding hydrogens is 498 g/mol. The molecule has 0 radical (unpaired) electrons. The summed E-state index contributed by atoms with van der Waals surface area (Å²) in [6, 6.07) is 20.8. The molecule has 7 nitrogen and oxygen atoms in total. The van der Waals surface area contributed by atoms with Crippen molar-refractivity contribution in [3.8, 4) is 6.07 Å². The molecule has 0 saturated heterocycles. The minimum Gasteiger partial charge on any atom is -0.449 e. The molecule has 0 aliphatic heterocycles. The van der Waals surface area contributed by atoms with E-state index in [1.165, 1.54) is 6.07 Å². The molecule has 1 aromatic heterocycles. The van der Waals surface area contributed by atoms with E-state index in [4.69, 9.17) is 4.74 Å². The van der Waals surface area contributed by atoms with Crippen molar-refractivity contribution in [2.24, 2.45) is 0 Å². The van der Waals surface area contributed by atoms with Gasteiger partial charge in [0.2, 0.25) is 0 Å². The Labute approximate surface area is 219 Å². The fourth-order valence-corrected chi connectivity index (χ4v) is 3.86. The van der Waals surface area contributed by atoms with Crippen LogP contribution < -0.4 is 5.32 Å². The Balaban J connectivity index is 1.48. The van der Waals surface area contributed by atoms with Crippen molar-refractivity contribution in [3.05, 3.63) is 101 Å². The number of amides is 1. The number of ether oxygens (including phenoxy) is 1. The third kappa shape index (κ3) is 8.90. The van der Waals surface area contributed by atoms with E-state index in [0.717, 1.165) is 29.0 Å². The topological polar surface area (TPSA) is 115 Å². The van der Waals surface area contributed by atoms with Gasteiger partial charge in [0.1, 0.15) is 0 Å². The molecule has 3 aromatic rings. The number of carbonyl (C=O) groups is 1. The number of aromatic nitrogens is 1. The zero-order valence-corrected chi connectivity index (χ0v) is 20.4. The lowest BCUT2D eigenvalue weighted by molar-refractivity contribution is -0.137. The Bertz CT molecular complexity index is 1220. The lowest BCUT2D eigenvalue weighted by Gasteiger charge is -2.17. The van der Waals surface area contributed by atoms with Crippen LogP contribution in [0.5, 0.6) is 0 Å². The predicted octanol–water partition coefficient (Wildman–Crippen LogP) is 4.23. The van der Waals surface area contributed by atoms with Gasteiger partial charge in [0, 0.05) is 12.6 Å². The highest BCUT2D eigenvalue weighted by Crippen LogP contribution is 2.29. The van der Waals surface area contributed by atoms with Gasteiger partial charge in [-0.1, -0.05) is 54.6 Å². The lowest BCUT2D eigenvalue weighted by atomic mass is 9.76. The second-order valence-electron chi connectivity index (χ2n) is 8.75. The number of alkyl halides is 3. The van der Waals surface area contributed by atoms with Crippen LogP contribution in [-0.4, -0.2) is 40.8 Å². The van der Waals surface area contributed by atoms with Crippen LogP contribution in [0.15, 0.2) is 72.9 Å². The number of carbonyl (C=O) groups excluding carboxylic acids is 1. The van der Waals surface area contributed by atoms with Gasteiger partial charge in [0.05, 0.1) is 35.8 Å². The van der Waals surface area contributed by atoms with Gasteiger partial charge in [-0.15, -0.1) is 0 Å². The maximum atomic E-state index is 12.8. The molecule has 2 atom stereocenters. The summed E-state index contributed by atoms with van der Waals surface area (Å²) in [7, 11) is -1.76. The van der Waals surface area contributed by atoms with Crippen molar-refractivity contribution in [1.29, 1.82) is 5.26 Å². The summed E-state index contributed by atoms with van der Waals surface area (Å²) in [5.41, 5.74) is 2.07. The standard InChI is InChI=1S/C27H27BF3N3O4/c29-27(30,31)23-11-12-24(33-18-23)22(17-32)10-9-20-7-4-8-21(15-20)13-14-38-26(35)34-25(28(36)37)16-19-5-2-1-3-6-19/h1-8,11-12,15,18,22,25,36-37H,9-10,13-14,16H2,(H,34,35)/t22?,25-/m0/s1. The number of hydrogen-bond acceptors (Lipinski definition) is 6. The number of pyridine rings is 1. The van der Waals surface area contributed by atoms with Gasteiger partial charge in [-0.2, -0.15) is 18.4 Å². The predicted molar refractivity (Wildman–Crippen MR) is 135 cm³/mol. The number of rotatable bonds is 11. The lowest BCUT2D eigenvalue weighted by Crippen LogP contribution is -2.48. The number of hydrogen-bond donors (Lipinski definition) is 3. The molecule has 198 valence electrons. The van der Waals surface area contributed by atoms with Crippen molar-refractivity contribution in [1.82, 2.24) is 10.3 Å². The second-order valence-corrected chi connectivity index (χ2v) is 8.75. The maximum absolute atomic E-state index is 12.8. The molecule has 0 spiro atoms. The number of nitrogens with one attached hydrogen (secondary N) is 1. The number of nitriles is 1. The molecule has 1 unspecified atom stereocenters. The Morgan fingerprint density at radius 3 is 2.32 bits per heavy atom. The molecule has 3 rings (SSSR count). The number of halogens is 3. The summed E-state index contributed by atoms with van der Waals surface area (Å²) in [5, 5.41) is 31.2. The van der Waals surface area contributed by atoms with E-state index in [0.29, 0.717) is 19.3 Å². The number of alkyl carbamates (subject to hydrolysis) is 1. The van der Waals surface area contributed by atoms with E-state index >= 15 is 0 Å². The van der Waals surface area contributed by atoms with Crippen LogP contribution >= 0.6 is 0 Å². The summed E-state index contributed by atoms with van der Waals surface area (Å²) < 4.78 is 43.5. The minimum atomic E-state index is -4.48. The van der Waals surface area contributed by atoms with E-state index in [1.807, 2.05) is 54.6 Å². The summed E-state index contributed by atoms with van der Waals surface area (Å²) in [4.78, 5) is 16.0. The number of aryl methyl sites for hydroxylation is 1. The summed E-state index contributed by atoms with van der Waals surface area (Å²) >= 11 is 0. The number of nitrogens with zero attached hydrogens (tertiary/aromatic N) is 2. The van der Waals surface area contributed by atoms with Gasteiger partial charge < -0.3 is 20.1 Å². The highest BCUT2D eigenvalue weighted by Gasteiger charge is 2.31. The van der Waals surface area contributed by atoms with Crippen LogP contribution in [0, 0.1) is 11.3 Å². The van der Waals surface area contributed by atoms with Crippen LogP contribution in [0.25, 0.3) is 0 Å². The van der Waals surface area contributed by atoms with Crippen LogP contribution in [0.2, 0.25) is 0 Å². The largest absolute Gasteiger partial charge is 0.475 e. The first-order chi connectivity index (χ1) is 18.2. The first-order valence-corrected chi connectivity index (χ1v) is 12.0. The zero-order chi connectivity index (χ0) is 27.5. The SMILES string of the molecule is N#CC(CCc1cccc(CCOC(=O)N[C@@H](Cc2ccccc2)B(O)O)c1)c1ccc(C(F)(F)F)cn1. The van der Waals surface area contributed by atoms with Crippen LogP contribution in [-0.2, 0) is 30.2 Å². The molecule has 2 aromatic carbocycles. The monoisotopic (exact) mass is 525 g/mol. The zero-order valence-electron chi connectivity index (χ0n) is 20.4. The van der Waals surface area contributed by atoms with Gasteiger partial charge in [0.25, 0.3) is 0 Å². The van der Waals surface area contributed by atoms with Crippen LogP contribution in [0.3, 0.4) is 0 Å². The number of benzene rings is 2.